The molecule has 1 fully saturated rings. The van der Waals surface area contributed by atoms with E-state index in [0.717, 1.165) is 19.4 Å². The van der Waals surface area contributed by atoms with Gasteiger partial charge in [-0.15, -0.1) is 0 Å². The molecule has 0 radical (unpaired) electrons. The van der Waals surface area contributed by atoms with Crippen molar-refractivity contribution in [2.24, 2.45) is 0 Å². The Balaban J connectivity index is 2.60. The number of piperazine rings is 1. The Morgan fingerprint density at radius 3 is 2.65 bits per heavy atom. The Morgan fingerprint density at radius 2 is 2.06 bits per heavy atom. The van der Waals surface area contributed by atoms with Crippen molar-refractivity contribution in [3.63, 3.8) is 0 Å². The van der Waals surface area contributed by atoms with Crippen LogP contribution in [0.3, 0.4) is 0 Å². The van der Waals surface area contributed by atoms with Crippen molar-refractivity contribution in [2.45, 2.75) is 32.2 Å². The molecule has 1 rings (SSSR count). The van der Waals surface area contributed by atoms with Gasteiger partial charge in [0, 0.05) is 32.3 Å². The molecular formula is C11H24N2O3S. The number of hydrogen-bond donors (Lipinski definition) is 1. The second-order valence-electron chi connectivity index (χ2n) is 4.67. The van der Waals surface area contributed by atoms with E-state index in [0.29, 0.717) is 19.5 Å². The highest BCUT2D eigenvalue weighted by molar-refractivity contribution is 7.89. The van der Waals surface area contributed by atoms with Crippen LogP contribution in [0.25, 0.3) is 0 Å². The standard InChI is InChI=1S/C11H24N2O3S/c1-3-4-9-17(15,16)13-7-6-12(2)11(10-13)5-8-14/h11,14H,3-10H2,1-2H3. The molecule has 1 heterocycles. The third-order valence-corrected chi connectivity index (χ3v) is 5.27. The van der Waals surface area contributed by atoms with Crippen molar-refractivity contribution in [3.8, 4) is 0 Å². The van der Waals surface area contributed by atoms with Gasteiger partial charge in [0.05, 0.1) is 5.75 Å². The number of hydrogen-bond acceptors (Lipinski definition) is 4. The highest BCUT2D eigenvalue weighted by Crippen LogP contribution is 2.15. The lowest BCUT2D eigenvalue weighted by Crippen LogP contribution is -2.53. The minimum atomic E-state index is -3.10. The smallest absolute Gasteiger partial charge is 0.214 e. The lowest BCUT2D eigenvalue weighted by molar-refractivity contribution is 0.120. The zero-order valence-corrected chi connectivity index (χ0v) is 11.6. The van der Waals surface area contributed by atoms with Gasteiger partial charge in [0.1, 0.15) is 0 Å². The molecule has 1 saturated heterocycles. The largest absolute Gasteiger partial charge is 0.396 e. The minimum absolute atomic E-state index is 0.109. The number of sulfonamides is 1. The molecule has 17 heavy (non-hydrogen) atoms. The van der Waals surface area contributed by atoms with Crippen molar-refractivity contribution in [2.75, 3.05) is 39.0 Å². The molecule has 5 nitrogen and oxygen atoms in total. The third-order valence-electron chi connectivity index (χ3n) is 3.35. The van der Waals surface area contributed by atoms with Gasteiger partial charge in [0.15, 0.2) is 0 Å². The van der Waals surface area contributed by atoms with Crippen LogP contribution in [-0.2, 0) is 10.0 Å². The molecule has 0 aromatic heterocycles. The first-order valence-corrected chi connectivity index (χ1v) is 7.91. The molecule has 6 heteroatoms. The van der Waals surface area contributed by atoms with Gasteiger partial charge in [-0.2, -0.15) is 4.31 Å². The maximum atomic E-state index is 12.0. The molecule has 1 atom stereocenters. The fourth-order valence-electron chi connectivity index (χ4n) is 2.09. The quantitative estimate of drug-likeness (QED) is 0.740. The average molecular weight is 264 g/mol. The Kier molecular flexibility index (Phi) is 5.85. The van der Waals surface area contributed by atoms with Gasteiger partial charge in [-0.25, -0.2) is 8.42 Å². The highest BCUT2D eigenvalue weighted by Gasteiger charge is 2.30. The van der Waals surface area contributed by atoms with Crippen LogP contribution in [0.4, 0.5) is 0 Å². The summed E-state index contributed by atoms with van der Waals surface area (Å²) < 4.78 is 25.7. The molecule has 102 valence electrons. The maximum Gasteiger partial charge on any atom is 0.214 e. The van der Waals surface area contributed by atoms with Crippen LogP contribution in [0.2, 0.25) is 0 Å². The molecule has 0 saturated carbocycles. The van der Waals surface area contributed by atoms with Crippen LogP contribution in [0.5, 0.6) is 0 Å². The summed E-state index contributed by atoms with van der Waals surface area (Å²) in [5.41, 5.74) is 0. The molecule has 0 aliphatic carbocycles. The van der Waals surface area contributed by atoms with Crippen molar-refractivity contribution < 1.29 is 13.5 Å². The van der Waals surface area contributed by atoms with E-state index in [-0.39, 0.29) is 18.4 Å². The van der Waals surface area contributed by atoms with Crippen LogP contribution in [-0.4, -0.2) is 67.8 Å². The van der Waals surface area contributed by atoms with Crippen LogP contribution in [0.1, 0.15) is 26.2 Å². The summed E-state index contributed by atoms with van der Waals surface area (Å²) in [6, 6.07) is 0.144. The maximum absolute atomic E-state index is 12.0. The van der Waals surface area contributed by atoms with Crippen LogP contribution < -0.4 is 0 Å². The normalized spacial score (nSPS) is 24.1. The monoisotopic (exact) mass is 264 g/mol. The lowest BCUT2D eigenvalue weighted by Gasteiger charge is -2.38. The van der Waals surface area contributed by atoms with E-state index in [2.05, 4.69) is 4.90 Å². The second-order valence-corrected chi connectivity index (χ2v) is 6.76. The van der Waals surface area contributed by atoms with Crippen molar-refractivity contribution in [1.82, 2.24) is 9.21 Å². The fraction of sp³-hybridized carbons (Fsp3) is 1.00. The molecule has 0 amide bonds. The molecule has 1 N–H and O–H groups in total. The zero-order chi connectivity index (χ0) is 12.9. The zero-order valence-electron chi connectivity index (χ0n) is 10.8. The Labute approximate surface area is 104 Å². The molecule has 0 aromatic carbocycles. The van der Waals surface area contributed by atoms with Gasteiger partial charge in [-0.05, 0) is 19.9 Å². The van der Waals surface area contributed by atoms with E-state index in [1.165, 1.54) is 0 Å². The number of likely N-dealkylation sites (N-methyl/N-ethyl adjacent to an activating group) is 1. The van der Waals surface area contributed by atoms with Crippen molar-refractivity contribution >= 4 is 10.0 Å². The van der Waals surface area contributed by atoms with E-state index < -0.39 is 10.0 Å². The van der Waals surface area contributed by atoms with Gasteiger partial charge in [-0.1, -0.05) is 13.3 Å². The number of unbranched alkanes of at least 4 members (excludes halogenated alkanes) is 1. The van der Waals surface area contributed by atoms with Crippen LogP contribution in [0, 0.1) is 0 Å². The molecule has 1 aliphatic heterocycles. The van der Waals surface area contributed by atoms with Crippen molar-refractivity contribution in [3.05, 3.63) is 0 Å². The van der Waals surface area contributed by atoms with Crippen LogP contribution >= 0.6 is 0 Å². The first kappa shape index (κ1) is 14.9. The topological polar surface area (TPSA) is 60.9 Å². The highest BCUT2D eigenvalue weighted by atomic mass is 32.2. The Bertz CT molecular complexity index is 319. The summed E-state index contributed by atoms with van der Waals surface area (Å²) in [5.74, 6) is 0.249. The Morgan fingerprint density at radius 1 is 1.35 bits per heavy atom. The molecule has 0 bridgehead atoms. The fourth-order valence-corrected chi connectivity index (χ4v) is 3.76. The molecule has 0 aromatic rings. The third kappa shape index (κ3) is 4.21. The first-order chi connectivity index (χ1) is 8.01. The molecule has 1 unspecified atom stereocenters. The Hall–Kier alpha value is -0.170. The average Bonchev–Trinajstić information content (AvgIpc) is 2.29. The predicted octanol–water partition coefficient (Wildman–Crippen LogP) is 0.115. The number of aliphatic hydroxyl groups is 1. The van der Waals surface area contributed by atoms with E-state index in [4.69, 9.17) is 5.11 Å². The van der Waals surface area contributed by atoms with E-state index >= 15 is 0 Å². The van der Waals surface area contributed by atoms with Gasteiger partial charge in [-0.3, -0.25) is 0 Å². The number of aliphatic hydroxyl groups excluding tert-OH is 1. The summed E-state index contributed by atoms with van der Waals surface area (Å²) in [7, 11) is -1.11. The summed E-state index contributed by atoms with van der Waals surface area (Å²) >= 11 is 0. The van der Waals surface area contributed by atoms with E-state index in [1.807, 2.05) is 14.0 Å². The minimum Gasteiger partial charge on any atom is -0.396 e. The van der Waals surface area contributed by atoms with Crippen LogP contribution in [0.15, 0.2) is 0 Å². The molecule has 0 spiro atoms. The summed E-state index contributed by atoms with van der Waals surface area (Å²) in [5, 5.41) is 8.97. The van der Waals surface area contributed by atoms with E-state index in [9.17, 15) is 8.42 Å². The van der Waals surface area contributed by atoms with Gasteiger partial charge in [0.25, 0.3) is 0 Å². The van der Waals surface area contributed by atoms with E-state index in [1.54, 1.807) is 4.31 Å². The number of rotatable bonds is 6. The molecular weight excluding hydrogens is 240 g/mol. The van der Waals surface area contributed by atoms with Gasteiger partial charge < -0.3 is 10.0 Å². The lowest BCUT2D eigenvalue weighted by atomic mass is 10.1. The first-order valence-electron chi connectivity index (χ1n) is 6.30. The second kappa shape index (κ2) is 6.68. The SMILES string of the molecule is CCCCS(=O)(=O)N1CCN(C)C(CCO)C1. The predicted molar refractivity (Wildman–Crippen MR) is 68.4 cm³/mol. The summed E-state index contributed by atoms with van der Waals surface area (Å²) in [4.78, 5) is 2.13. The van der Waals surface area contributed by atoms with Gasteiger partial charge in [0.2, 0.25) is 10.0 Å². The number of nitrogens with zero attached hydrogens (tertiary/aromatic N) is 2. The van der Waals surface area contributed by atoms with Crippen molar-refractivity contribution in [1.29, 1.82) is 0 Å². The summed E-state index contributed by atoms with van der Waals surface area (Å²) in [6.07, 6.45) is 2.25. The summed E-state index contributed by atoms with van der Waals surface area (Å²) in [6.45, 7) is 3.94. The molecule has 1 aliphatic rings. The van der Waals surface area contributed by atoms with Gasteiger partial charge >= 0.3 is 0 Å².